The van der Waals surface area contributed by atoms with Gasteiger partial charge in [0.1, 0.15) is 13.1 Å². The van der Waals surface area contributed by atoms with Gasteiger partial charge in [-0.3, -0.25) is 10.1 Å². The second kappa shape index (κ2) is 101. The average molecular weight is 1410 g/mol. The van der Waals surface area contributed by atoms with E-state index in [-0.39, 0.29) is 80.6 Å². The average Bonchev–Trinajstić information content (AvgIpc) is 3.31. The molecule has 0 bridgehead atoms. The molecule has 452 valence electrons. The summed E-state index contributed by atoms with van der Waals surface area (Å²) in [5.41, 5.74) is 14.1. The summed E-state index contributed by atoms with van der Waals surface area (Å²) in [5.74, 6) is -1.56. The topological polar surface area (TPSA) is 322 Å². The molecule has 14 nitrogen and oxygen atoms in total. The van der Waals surface area contributed by atoms with Crippen LogP contribution in [0.4, 0.5) is 0 Å². The molecular formula is C57H131N8O6Pt2+3. The van der Waals surface area contributed by atoms with E-state index in [0.29, 0.717) is 26.1 Å². The first kappa shape index (κ1) is 98.4. The molecule has 0 amide bonds. The monoisotopic (exact) mass is 1410 g/mol. The van der Waals surface area contributed by atoms with Gasteiger partial charge in [0.15, 0.2) is 0 Å². The Balaban J connectivity index is -0.0000000757. The van der Waals surface area contributed by atoms with Gasteiger partial charge in [0, 0.05) is 12.4 Å². The van der Waals surface area contributed by atoms with Crippen molar-refractivity contribution in [2.75, 3.05) is 45.9 Å². The number of unbranched alkanes of at least 4 members (excludes halogenated alkanes) is 37. The van der Waals surface area contributed by atoms with Crippen LogP contribution >= 0.6 is 0 Å². The number of rotatable bonds is 52. The molecule has 0 atom stereocenters. The van der Waals surface area contributed by atoms with E-state index in [1.807, 2.05) is 0 Å². The predicted molar refractivity (Wildman–Crippen MR) is 311 cm³/mol. The minimum Gasteiger partial charge on any atom is -0.693 e. The summed E-state index contributed by atoms with van der Waals surface area (Å²) < 4.78 is 0. The molecule has 0 saturated carbocycles. The number of hydrogen-bond acceptors (Lipinski definition) is 5. The molecule has 0 aromatic carbocycles. The Bertz CT molecular complexity index is 802. The van der Waals surface area contributed by atoms with E-state index in [4.69, 9.17) is 21.8 Å². The minimum atomic E-state index is -0.907. The molecule has 16 N–H and O–H groups in total. The maximum absolute atomic E-state index is 10.3. The van der Waals surface area contributed by atoms with Crippen LogP contribution < -0.4 is 15.7 Å². The van der Waals surface area contributed by atoms with Crippen LogP contribution in [-0.4, -0.2) is 68.2 Å². The molecule has 0 aliphatic heterocycles. The van der Waals surface area contributed by atoms with Crippen molar-refractivity contribution in [1.29, 1.82) is 0 Å². The quantitative estimate of drug-likeness (QED) is 0.0260. The molecule has 0 fully saturated rings. The summed E-state index contributed by atoms with van der Waals surface area (Å²) in [4.78, 5) is 24.4. The molecular weight excluding hydrogens is 1280 g/mol. The molecule has 0 unspecified atom stereocenters. The van der Waals surface area contributed by atoms with Crippen LogP contribution in [0.25, 0.3) is 36.1 Å². The Labute approximate surface area is 484 Å². The van der Waals surface area contributed by atoms with E-state index in [9.17, 15) is 14.7 Å². The Kier molecular flexibility index (Phi) is 136. The molecule has 0 radical (unpaired) electrons. The summed E-state index contributed by atoms with van der Waals surface area (Å²) in [6.45, 7) is 13.4. The van der Waals surface area contributed by atoms with Crippen molar-refractivity contribution in [3.8, 4) is 0 Å². The van der Waals surface area contributed by atoms with Gasteiger partial charge in [-0.2, -0.15) is 13.1 Å². The molecule has 0 aliphatic rings. The summed E-state index contributed by atoms with van der Waals surface area (Å²) in [6.07, 6.45) is 54.3. The van der Waals surface area contributed by atoms with Crippen LogP contribution in [0.5, 0.6) is 0 Å². The predicted octanol–water partition coefficient (Wildman–Crippen LogP) is 18.2. The Morgan fingerprint density at radius 1 is 0.384 bits per heavy atom. The van der Waals surface area contributed by atoms with Crippen molar-refractivity contribution in [2.45, 2.75) is 311 Å². The van der Waals surface area contributed by atoms with Gasteiger partial charge in [0.2, 0.25) is 0 Å². The van der Waals surface area contributed by atoms with E-state index in [2.05, 4.69) is 36.3 Å². The number of carbonyl (C=O) groups is 2. The Morgan fingerprint density at radius 2 is 0.616 bits per heavy atom. The molecule has 0 aromatic heterocycles. The number of nitrogens with one attached hydrogen (secondary N) is 2. The number of carboxylic acids is 2. The first-order chi connectivity index (χ1) is 32.4. The van der Waals surface area contributed by atoms with Gasteiger partial charge in [-0.15, -0.1) is 0 Å². The zero-order valence-corrected chi connectivity index (χ0v) is 52.2. The fourth-order valence-corrected chi connectivity index (χ4v) is 7.94. The van der Waals surface area contributed by atoms with Gasteiger partial charge in [0.05, 0.1) is 19.7 Å². The van der Waals surface area contributed by atoms with Crippen molar-refractivity contribution in [3.05, 3.63) is 36.1 Å². The third-order valence-corrected chi connectivity index (χ3v) is 12.3. The maximum atomic E-state index is 10.3. The molecule has 73 heavy (non-hydrogen) atoms. The van der Waals surface area contributed by atoms with E-state index >= 15 is 0 Å². The molecule has 0 saturated heterocycles. The van der Waals surface area contributed by atoms with Crippen molar-refractivity contribution in [3.63, 3.8) is 0 Å². The molecule has 0 heterocycles. The first-order valence-electron chi connectivity index (χ1n) is 29.0. The number of aliphatic carboxylic acids is 2. The zero-order valence-electron chi connectivity index (χ0n) is 47.7. The largest absolute Gasteiger partial charge is 4.00 e. The third-order valence-electron chi connectivity index (χ3n) is 12.3. The van der Waals surface area contributed by atoms with E-state index in [1.165, 1.54) is 251 Å². The van der Waals surface area contributed by atoms with Crippen LogP contribution in [-0.2, 0) is 56.6 Å². The van der Waals surface area contributed by atoms with Crippen molar-refractivity contribution in [1.82, 2.24) is 0 Å². The number of quaternary nitrogens is 2. The van der Waals surface area contributed by atoms with Crippen molar-refractivity contribution in [2.24, 2.45) is 0 Å². The normalized spacial score (nSPS) is 9.73. The molecule has 16 heteroatoms. The third kappa shape index (κ3) is 121. The van der Waals surface area contributed by atoms with Crippen LogP contribution in [0.1, 0.15) is 311 Å². The van der Waals surface area contributed by atoms with Gasteiger partial charge in [-0.25, -0.2) is 4.89 Å². The standard InChI is InChI=1S/C14H32N4.C14H30O2.2C14H28O2.CH4.4H2N.2Pt/c15-9-5-1-3-7-11-17-13-14-18-12-8-4-2-6-10-16;1-2-3-4-5-6-7-8-9-10-11-12-13-14-16-15;2*1-2-3-4-5-6-7-8-9-10-11-12-13-14(15)16;;;;;;;/h15-18H,1-14H2;15H,2-14H2,1H3;2*2-13H2,1H3,(H,15,16);1H4;4*1H2;;/q-2;;;;;4*-1;2*+4/p+1. The Morgan fingerprint density at radius 3 is 0.863 bits per heavy atom. The number of carbonyl (C=O) groups excluding carboxylic acids is 1. The van der Waals surface area contributed by atoms with Gasteiger partial charge >= 0.3 is 48.1 Å². The number of carboxylic acid groups (broad SMARTS) is 2. The summed E-state index contributed by atoms with van der Waals surface area (Å²) >= 11 is 0. The summed E-state index contributed by atoms with van der Waals surface area (Å²) in [6, 6.07) is 0. The fourth-order valence-electron chi connectivity index (χ4n) is 7.94. The van der Waals surface area contributed by atoms with E-state index in [1.54, 1.807) is 0 Å². The second-order valence-corrected chi connectivity index (χ2v) is 19.1. The van der Waals surface area contributed by atoms with E-state index < -0.39 is 11.9 Å². The molecule has 0 aliphatic carbocycles. The van der Waals surface area contributed by atoms with Crippen LogP contribution in [0, 0.1) is 0 Å². The van der Waals surface area contributed by atoms with Gasteiger partial charge in [-0.05, 0) is 51.4 Å². The van der Waals surface area contributed by atoms with Crippen LogP contribution in [0.15, 0.2) is 0 Å². The summed E-state index contributed by atoms with van der Waals surface area (Å²) in [5, 5.41) is 31.6. The van der Waals surface area contributed by atoms with Gasteiger partial charge in [0.25, 0.3) is 0 Å². The minimum absolute atomic E-state index is 0. The Hall–Kier alpha value is -0.0834. The molecule has 0 rings (SSSR count). The fraction of sp³-hybridized carbons (Fsp3) is 0.965. The summed E-state index contributed by atoms with van der Waals surface area (Å²) in [7, 11) is 0. The van der Waals surface area contributed by atoms with Crippen LogP contribution in [0.2, 0.25) is 0 Å². The van der Waals surface area contributed by atoms with Crippen LogP contribution in [0.3, 0.4) is 0 Å². The van der Waals surface area contributed by atoms with E-state index in [0.717, 1.165) is 44.9 Å². The molecule has 0 spiro atoms. The van der Waals surface area contributed by atoms with Gasteiger partial charge < -0.3 is 61.7 Å². The number of nitrogens with two attached hydrogens (primary N) is 6. The maximum Gasteiger partial charge on any atom is 4.00 e. The smallest absolute Gasteiger partial charge is 0.693 e. The zero-order chi connectivity index (χ0) is 49.3. The second-order valence-electron chi connectivity index (χ2n) is 19.1. The first-order valence-corrected chi connectivity index (χ1v) is 29.0. The van der Waals surface area contributed by atoms with Crippen molar-refractivity contribution >= 4 is 11.9 Å². The van der Waals surface area contributed by atoms with Crippen molar-refractivity contribution < 1.29 is 82.7 Å². The molecule has 0 aromatic rings. The number of hydrogen-bond donors (Lipinski definition) is 4. The SMILES string of the molecule is C.CCCCCCCCCCCCCC(=O)O.CCCCCCCCCCCCCC(=O)[O-].CCCCCCCCCCCCCCOO.[NH-]CCCCCC[NH2+]CC[NH2+]CCCCCC[NH-].[NH2-].[NH2-].[NH2-].[NH2-].[Pt+4].[Pt+4]. The van der Waals surface area contributed by atoms with Gasteiger partial charge in [-0.1, -0.05) is 253 Å².